The fraction of sp³-hybridized carbons (Fsp3) is 0.158. The number of rotatable bonds is 5. The number of allylic oxidation sites excluding steroid dienone is 1. The van der Waals surface area contributed by atoms with E-state index in [1.54, 1.807) is 12.1 Å². The minimum absolute atomic E-state index is 0.0870. The quantitative estimate of drug-likeness (QED) is 0.309. The van der Waals surface area contributed by atoms with E-state index in [2.05, 4.69) is 17.3 Å². The van der Waals surface area contributed by atoms with Crippen molar-refractivity contribution in [1.82, 2.24) is 0 Å². The van der Waals surface area contributed by atoms with Crippen molar-refractivity contribution < 1.29 is 24.9 Å². The van der Waals surface area contributed by atoms with Crippen LogP contribution in [0.2, 0.25) is 17.3 Å². The molecule has 2 rings (SSSR count). The number of aromatic hydroxyl groups is 1. The summed E-state index contributed by atoms with van der Waals surface area (Å²) in [5, 5.41) is 29.1. The Hall–Kier alpha value is -2.54. The molecule has 0 bridgehead atoms. The van der Waals surface area contributed by atoms with Crippen LogP contribution in [0, 0.1) is 0 Å². The van der Waals surface area contributed by atoms with Gasteiger partial charge in [-0.05, 0) is 0 Å². The molecular weight excluding hydrogens is 381 g/mol. The van der Waals surface area contributed by atoms with Crippen LogP contribution in [-0.4, -0.2) is 40.3 Å². The topological polar surface area (TPSA) is 94.8 Å². The van der Waals surface area contributed by atoms with Crippen molar-refractivity contribution in [3.8, 4) is 5.75 Å². The molecule has 0 radical (unpaired) electrons. The number of carboxylic acids is 1. The molecule has 5 nitrogen and oxygen atoms in total. The third kappa shape index (κ3) is 4.51. The average molecular weight is 401 g/mol. The number of carbonyl (C=O) groups excluding carboxylic acids is 1. The van der Waals surface area contributed by atoms with Crippen molar-refractivity contribution in [2.75, 3.05) is 0 Å². The Balaban J connectivity index is 2.28. The normalized spacial score (nSPS) is 12.0. The molecule has 0 atom stereocenters. The molecule has 0 heterocycles. The molecule has 0 aliphatic heterocycles. The maximum atomic E-state index is 12.3. The van der Waals surface area contributed by atoms with Crippen LogP contribution in [-0.2, 0) is 0 Å². The van der Waals surface area contributed by atoms with Gasteiger partial charge in [-0.15, -0.1) is 0 Å². The van der Waals surface area contributed by atoms with Crippen LogP contribution in [0.15, 0.2) is 48.5 Å². The number of aromatic carboxylic acids is 1. The number of aliphatic hydroxyl groups is 1. The first-order valence-electron chi connectivity index (χ1n) is 7.72. The van der Waals surface area contributed by atoms with Gasteiger partial charge >= 0.3 is 138 Å². The third-order valence-corrected chi connectivity index (χ3v) is 8.11. The first-order valence-corrected chi connectivity index (χ1v) is 15.1. The second kappa shape index (κ2) is 7.15. The van der Waals surface area contributed by atoms with Crippen molar-refractivity contribution in [3.63, 3.8) is 0 Å². The molecule has 0 unspecified atom stereocenters. The molecule has 0 amide bonds. The monoisotopic (exact) mass is 402 g/mol. The number of phenols is 1. The Morgan fingerprint density at radius 2 is 1.48 bits per heavy atom. The zero-order valence-corrected chi connectivity index (χ0v) is 16.4. The molecule has 130 valence electrons. The van der Waals surface area contributed by atoms with E-state index in [-0.39, 0.29) is 22.6 Å². The third-order valence-electron chi connectivity index (χ3n) is 3.82. The van der Waals surface area contributed by atoms with Crippen LogP contribution in [0.3, 0.4) is 0 Å². The van der Waals surface area contributed by atoms with E-state index < -0.39 is 25.0 Å². The van der Waals surface area contributed by atoms with E-state index in [4.69, 9.17) is 5.11 Å². The first-order chi connectivity index (χ1) is 11.6. The number of aliphatic hydroxyl groups excluding tert-OH is 1. The molecule has 2 aromatic carbocycles. The number of benzene rings is 2. The number of carboxylic acid groups (broad SMARTS) is 1. The second-order valence-corrected chi connectivity index (χ2v) is 17.4. The number of hydrogen-bond donors (Lipinski definition) is 3. The van der Waals surface area contributed by atoms with Gasteiger partial charge in [0.2, 0.25) is 0 Å². The molecule has 6 heteroatoms. The summed E-state index contributed by atoms with van der Waals surface area (Å²) in [7, 11) is 0. The first kappa shape index (κ1) is 18.8. The Kier molecular flexibility index (Phi) is 5.37. The van der Waals surface area contributed by atoms with E-state index >= 15 is 0 Å². The van der Waals surface area contributed by atoms with E-state index in [1.807, 2.05) is 6.07 Å². The Labute approximate surface area is 148 Å². The minimum atomic E-state index is -2.11. The van der Waals surface area contributed by atoms with Gasteiger partial charge < -0.3 is 5.11 Å². The van der Waals surface area contributed by atoms with E-state index in [1.165, 1.54) is 24.3 Å². The molecule has 2 aromatic rings. The average Bonchev–Trinajstić information content (AvgIpc) is 2.53. The van der Waals surface area contributed by atoms with Crippen molar-refractivity contribution >= 4 is 35.2 Å². The molecule has 0 saturated heterocycles. The fourth-order valence-electron chi connectivity index (χ4n) is 2.28. The SMILES string of the molecule is [CH3][Ge]([CH3])([CH3])[c]1ccc(C(=O)C=C(O)c2ccc(C(=O)O)cc2)c(O)c1. The van der Waals surface area contributed by atoms with Gasteiger partial charge in [-0.3, -0.25) is 0 Å². The van der Waals surface area contributed by atoms with Crippen molar-refractivity contribution in [2.24, 2.45) is 0 Å². The predicted octanol–water partition coefficient (Wildman–Crippen LogP) is 3.42. The second-order valence-electron chi connectivity index (χ2n) is 6.76. The van der Waals surface area contributed by atoms with E-state index in [0.29, 0.717) is 5.56 Å². The summed E-state index contributed by atoms with van der Waals surface area (Å²) in [5.74, 6) is 4.56. The molecule has 0 fully saturated rings. The van der Waals surface area contributed by atoms with Gasteiger partial charge in [0.15, 0.2) is 0 Å². The van der Waals surface area contributed by atoms with Gasteiger partial charge in [0.25, 0.3) is 0 Å². The van der Waals surface area contributed by atoms with Gasteiger partial charge in [-0.2, -0.15) is 0 Å². The van der Waals surface area contributed by atoms with Crippen molar-refractivity contribution in [3.05, 3.63) is 65.2 Å². The molecule has 0 aromatic heterocycles. The van der Waals surface area contributed by atoms with Crippen LogP contribution >= 0.6 is 0 Å². The molecule has 3 N–H and O–H groups in total. The Morgan fingerprint density at radius 3 is 1.96 bits per heavy atom. The number of phenolic OH excluding ortho intramolecular Hbond substituents is 1. The van der Waals surface area contributed by atoms with Crippen molar-refractivity contribution in [2.45, 2.75) is 17.3 Å². The number of hydrogen-bond acceptors (Lipinski definition) is 4. The number of carbonyl (C=O) groups is 2. The summed E-state index contributed by atoms with van der Waals surface area (Å²) in [5.41, 5.74) is 0.521. The summed E-state index contributed by atoms with van der Waals surface area (Å²) in [4.78, 5) is 23.1. The summed E-state index contributed by atoms with van der Waals surface area (Å²) in [6, 6.07) is 10.6. The van der Waals surface area contributed by atoms with Gasteiger partial charge in [0, 0.05) is 0 Å². The summed E-state index contributed by atoms with van der Waals surface area (Å²) in [6.07, 6.45) is 1.02. The number of ketones is 1. The van der Waals surface area contributed by atoms with Gasteiger partial charge in [-0.1, -0.05) is 0 Å². The van der Waals surface area contributed by atoms with E-state index in [0.717, 1.165) is 10.5 Å². The standard InChI is InChI=1S/C19H20GeO5/c1-20(2,3)14-8-9-15(17(22)10-14)18(23)11-16(21)12-4-6-13(7-5-12)19(24)25/h4-11,21-22H,1-3H3,(H,24,25). The molecule has 0 aliphatic rings. The summed E-state index contributed by atoms with van der Waals surface area (Å²) < 4.78 is 1.08. The van der Waals surface area contributed by atoms with Crippen LogP contribution in [0.4, 0.5) is 0 Å². The molecular formula is C19H20GeO5. The Morgan fingerprint density at radius 1 is 0.920 bits per heavy atom. The van der Waals surface area contributed by atoms with Crippen LogP contribution in [0.1, 0.15) is 26.3 Å². The Bertz CT molecular complexity index is 845. The zero-order chi connectivity index (χ0) is 18.8. The van der Waals surface area contributed by atoms with Gasteiger partial charge in [0.1, 0.15) is 0 Å². The zero-order valence-electron chi connectivity index (χ0n) is 14.3. The summed E-state index contributed by atoms with van der Waals surface area (Å²) in [6.45, 7) is 0. The fourth-order valence-corrected chi connectivity index (χ4v) is 4.69. The van der Waals surface area contributed by atoms with Gasteiger partial charge in [0.05, 0.1) is 0 Å². The molecule has 25 heavy (non-hydrogen) atoms. The van der Waals surface area contributed by atoms with Crippen LogP contribution < -0.4 is 4.40 Å². The molecule has 0 saturated carbocycles. The van der Waals surface area contributed by atoms with Gasteiger partial charge in [-0.25, -0.2) is 4.79 Å². The maximum absolute atomic E-state index is 12.3. The predicted molar refractivity (Wildman–Crippen MR) is 99.4 cm³/mol. The van der Waals surface area contributed by atoms with Crippen LogP contribution in [0.25, 0.3) is 5.76 Å². The van der Waals surface area contributed by atoms with Crippen LogP contribution in [0.5, 0.6) is 5.75 Å². The molecule has 0 aliphatic carbocycles. The summed E-state index contributed by atoms with van der Waals surface area (Å²) >= 11 is -2.11. The molecule has 0 spiro atoms. The van der Waals surface area contributed by atoms with E-state index in [9.17, 15) is 19.8 Å². The van der Waals surface area contributed by atoms with Crippen molar-refractivity contribution in [1.29, 1.82) is 0 Å².